The summed E-state index contributed by atoms with van der Waals surface area (Å²) in [7, 11) is 0. The molecule has 1 heterocycles. The van der Waals surface area contributed by atoms with Crippen molar-refractivity contribution < 1.29 is 9.63 Å². The molecule has 0 spiro atoms. The number of ketones is 1. The van der Waals surface area contributed by atoms with Crippen molar-refractivity contribution in [2.75, 3.05) is 0 Å². The van der Waals surface area contributed by atoms with Crippen LogP contribution in [0.1, 0.15) is 25.3 Å². The Morgan fingerprint density at radius 3 is 2.65 bits per heavy atom. The second-order valence-electron chi connectivity index (χ2n) is 4.39. The van der Waals surface area contributed by atoms with Crippen LogP contribution >= 0.6 is 0 Å². The number of Topliss-reactive ketones (excluding diaryl/α,β-unsaturated/α-hetero) is 1. The number of hydrogen-bond donors (Lipinski definition) is 0. The molecular weight excluding hydrogens is 262 g/mol. The molecule has 1 aliphatic heterocycles. The van der Waals surface area contributed by atoms with Crippen molar-refractivity contribution in [2.45, 2.75) is 31.9 Å². The fourth-order valence-electron chi connectivity index (χ4n) is 1.99. The molecule has 2 atom stereocenters. The van der Waals surface area contributed by atoms with Gasteiger partial charge in [-0.1, -0.05) is 29.4 Å². The predicted octanol–water partition coefficient (Wildman–Crippen LogP) is 2.69. The minimum atomic E-state index is -1.03. The number of nitrogens with zero attached hydrogens (tertiary/aromatic N) is 3. The van der Waals surface area contributed by atoms with E-state index in [1.165, 1.54) is 0 Å². The van der Waals surface area contributed by atoms with Crippen molar-refractivity contribution in [3.63, 3.8) is 0 Å². The third kappa shape index (κ3) is 2.76. The van der Waals surface area contributed by atoms with Crippen LogP contribution in [0.3, 0.4) is 0 Å². The van der Waals surface area contributed by atoms with Crippen LogP contribution in [0.15, 0.2) is 39.8 Å². The summed E-state index contributed by atoms with van der Waals surface area (Å²) in [6.07, 6.45) is -0.0970. The number of benzene rings is 1. The molecule has 0 radical (unpaired) electrons. The molecule has 0 N–H and O–H groups in total. The first kappa shape index (κ1) is 14.0. The van der Waals surface area contributed by atoms with Gasteiger partial charge in [0.05, 0.1) is 5.71 Å². The van der Waals surface area contributed by atoms with Crippen molar-refractivity contribution in [1.82, 2.24) is 0 Å². The van der Waals surface area contributed by atoms with Gasteiger partial charge in [0.25, 0.3) is 0 Å². The van der Waals surface area contributed by atoms with Crippen LogP contribution in [0, 0.1) is 9.81 Å². The maximum absolute atomic E-state index is 11.6. The summed E-state index contributed by atoms with van der Waals surface area (Å²) in [6, 6.07) is 5.46. The summed E-state index contributed by atoms with van der Waals surface area (Å²) in [5.74, 6) is -0.262. The molecule has 7 nitrogen and oxygen atoms in total. The summed E-state index contributed by atoms with van der Waals surface area (Å²) < 4.78 is 0. The average molecular weight is 275 g/mol. The number of oxime groups is 1. The molecule has 0 saturated heterocycles. The molecule has 20 heavy (non-hydrogen) atoms. The minimum Gasteiger partial charge on any atom is -0.389 e. The largest absolute Gasteiger partial charge is 0.389 e. The zero-order valence-electron chi connectivity index (χ0n) is 10.9. The molecule has 0 saturated carbocycles. The summed E-state index contributed by atoms with van der Waals surface area (Å²) in [4.78, 5) is 37.8. The molecule has 0 amide bonds. The quantitative estimate of drug-likeness (QED) is 0.745. The molecule has 0 bridgehead atoms. The monoisotopic (exact) mass is 275 g/mol. The average Bonchev–Trinajstić information content (AvgIpc) is 2.97. The van der Waals surface area contributed by atoms with Crippen LogP contribution in [0.4, 0.5) is 5.69 Å². The van der Waals surface area contributed by atoms with Gasteiger partial charge in [-0.3, -0.25) is 4.79 Å². The molecule has 1 aromatic carbocycles. The highest BCUT2D eigenvalue weighted by molar-refractivity contribution is 6.02. The van der Waals surface area contributed by atoms with Crippen LogP contribution in [0.2, 0.25) is 0 Å². The third-order valence-electron chi connectivity index (χ3n) is 3.14. The first-order valence-corrected chi connectivity index (χ1v) is 6.21. The van der Waals surface area contributed by atoms with Gasteiger partial charge < -0.3 is 4.84 Å². The van der Waals surface area contributed by atoms with Gasteiger partial charge in [-0.05, 0) is 22.9 Å². The number of rotatable bonds is 6. The van der Waals surface area contributed by atoms with Crippen LogP contribution in [-0.4, -0.2) is 23.6 Å². The second kappa shape index (κ2) is 6.14. The lowest BCUT2D eigenvalue weighted by Crippen LogP contribution is -2.32. The van der Waals surface area contributed by atoms with E-state index in [0.717, 1.165) is 5.56 Å². The Labute approximate surface area is 114 Å². The lowest BCUT2D eigenvalue weighted by Gasteiger charge is -2.12. The smallest absolute Gasteiger partial charge is 0.189 e. The Morgan fingerprint density at radius 1 is 1.40 bits per heavy atom. The molecule has 0 aliphatic carbocycles. The number of carbonyl (C=O) groups is 1. The summed E-state index contributed by atoms with van der Waals surface area (Å²) in [5.41, 5.74) is 1.69. The van der Waals surface area contributed by atoms with Gasteiger partial charge in [0.1, 0.15) is 5.69 Å². The van der Waals surface area contributed by atoms with E-state index in [0.29, 0.717) is 17.8 Å². The Kier molecular flexibility index (Phi) is 4.29. The van der Waals surface area contributed by atoms with Gasteiger partial charge in [-0.25, -0.2) is 0 Å². The van der Waals surface area contributed by atoms with Crippen molar-refractivity contribution in [1.29, 1.82) is 0 Å². The van der Waals surface area contributed by atoms with E-state index >= 15 is 0 Å². The van der Waals surface area contributed by atoms with Gasteiger partial charge in [-0.15, -0.1) is 9.81 Å². The van der Waals surface area contributed by atoms with Crippen molar-refractivity contribution in [3.8, 4) is 0 Å². The number of hydrogen-bond acceptors (Lipinski definition) is 7. The first-order chi connectivity index (χ1) is 9.69. The summed E-state index contributed by atoms with van der Waals surface area (Å²) >= 11 is 0. The van der Waals surface area contributed by atoms with E-state index in [9.17, 15) is 14.6 Å². The second-order valence-corrected chi connectivity index (χ2v) is 4.39. The highest BCUT2D eigenvalue weighted by Crippen LogP contribution is 2.23. The molecule has 7 heteroatoms. The Balaban J connectivity index is 2.08. The van der Waals surface area contributed by atoms with Gasteiger partial charge in [0.15, 0.2) is 17.9 Å². The number of nitroso groups, excluding NO2 is 2. The normalized spacial score (nSPS) is 18.9. The van der Waals surface area contributed by atoms with Crippen LogP contribution in [0.5, 0.6) is 0 Å². The van der Waals surface area contributed by atoms with Gasteiger partial charge >= 0.3 is 0 Å². The number of carbonyl (C=O) groups excluding carboxylic acids is 1. The zero-order chi connectivity index (χ0) is 14.5. The highest BCUT2D eigenvalue weighted by atomic mass is 16.6. The Hall–Kier alpha value is -2.44. The summed E-state index contributed by atoms with van der Waals surface area (Å²) in [6.45, 7) is 1.67. The molecule has 0 fully saturated rings. The molecule has 1 aromatic rings. The van der Waals surface area contributed by atoms with E-state index < -0.39 is 12.1 Å². The minimum absolute atomic E-state index is 0.227. The lowest BCUT2D eigenvalue weighted by molar-refractivity contribution is -0.122. The maximum atomic E-state index is 11.6. The zero-order valence-corrected chi connectivity index (χ0v) is 10.9. The van der Waals surface area contributed by atoms with Crippen LogP contribution < -0.4 is 0 Å². The first-order valence-electron chi connectivity index (χ1n) is 6.21. The van der Waals surface area contributed by atoms with Crippen LogP contribution in [-0.2, 0) is 9.63 Å². The molecule has 0 aromatic heterocycles. The summed E-state index contributed by atoms with van der Waals surface area (Å²) in [5, 5.41) is 9.53. The van der Waals surface area contributed by atoms with E-state index in [1.807, 2.05) is 0 Å². The van der Waals surface area contributed by atoms with E-state index in [-0.39, 0.29) is 12.2 Å². The molecule has 104 valence electrons. The van der Waals surface area contributed by atoms with Crippen LogP contribution in [0.25, 0.3) is 0 Å². The standard InChI is InChI=1S/C13H13N3O4/c1-2-11(17)13(15-19)12-7-10(16-20-12)8-3-5-9(14-18)6-4-8/h3-6,12-13H,2,7H2,1H3. The van der Waals surface area contributed by atoms with E-state index in [4.69, 9.17) is 4.84 Å². The Bertz CT molecular complexity index is 553. The van der Waals surface area contributed by atoms with Crippen molar-refractivity contribution in [2.24, 2.45) is 15.5 Å². The third-order valence-corrected chi connectivity index (χ3v) is 3.14. The predicted molar refractivity (Wildman–Crippen MR) is 72.8 cm³/mol. The maximum Gasteiger partial charge on any atom is 0.189 e. The fourth-order valence-corrected chi connectivity index (χ4v) is 1.99. The highest BCUT2D eigenvalue weighted by Gasteiger charge is 2.35. The van der Waals surface area contributed by atoms with Gasteiger partial charge in [0, 0.05) is 12.8 Å². The lowest BCUT2D eigenvalue weighted by atomic mass is 9.98. The van der Waals surface area contributed by atoms with Crippen molar-refractivity contribution in [3.05, 3.63) is 39.6 Å². The van der Waals surface area contributed by atoms with Gasteiger partial charge in [-0.2, -0.15) is 0 Å². The SMILES string of the molecule is CCC(=O)C(N=O)C1CC(c2ccc(N=O)cc2)=NO1. The van der Waals surface area contributed by atoms with Crippen molar-refractivity contribution >= 4 is 17.2 Å². The molecular formula is C13H13N3O4. The fraction of sp³-hybridized carbons (Fsp3) is 0.385. The van der Waals surface area contributed by atoms with E-state index in [1.54, 1.807) is 31.2 Å². The molecule has 1 aliphatic rings. The van der Waals surface area contributed by atoms with E-state index in [2.05, 4.69) is 15.5 Å². The molecule has 2 unspecified atom stereocenters. The van der Waals surface area contributed by atoms with Gasteiger partial charge in [0.2, 0.25) is 0 Å². The Morgan fingerprint density at radius 2 is 2.10 bits per heavy atom. The molecule has 2 rings (SSSR count). The topological polar surface area (TPSA) is 97.5 Å².